The first-order valence-corrected chi connectivity index (χ1v) is 16.2. The quantitative estimate of drug-likeness (QED) is 0.262. The number of nitrogens with zero attached hydrogens (tertiary/aromatic N) is 3. The predicted octanol–water partition coefficient (Wildman–Crippen LogP) is 8.39. The van der Waals surface area contributed by atoms with Gasteiger partial charge in [-0.3, -0.25) is 9.88 Å². The molecule has 0 unspecified atom stereocenters. The summed E-state index contributed by atoms with van der Waals surface area (Å²) in [6.07, 6.45) is -3.18. The Kier molecular flexibility index (Phi) is 9.68. The van der Waals surface area contributed by atoms with E-state index in [-0.39, 0.29) is 11.2 Å². The lowest BCUT2D eigenvalue weighted by Crippen LogP contribution is -2.39. The summed E-state index contributed by atoms with van der Waals surface area (Å²) in [5.74, 6) is -1.26. The standard InChI is InChI=1S/C37H46F3N3O4/c1-23-30(32(43-17-14-36(6,7)15-18-43)31(24(2)41-23)33(34(44)45)47-35(3,4)5)27-11-12-28-22-42(16-13-26(28)20-27)21-25-9-8-10-29(19-25)46-37(38,39)40/h8-12,19-20,33H,13-18,21-22H2,1-7H3,(H,44,45)/t33-/m0/s1. The van der Waals surface area contributed by atoms with Crippen LogP contribution in [0.15, 0.2) is 42.5 Å². The van der Waals surface area contributed by atoms with Crippen LogP contribution in [0.3, 0.4) is 0 Å². The van der Waals surface area contributed by atoms with Crippen LogP contribution in [0.5, 0.6) is 5.75 Å². The van der Waals surface area contributed by atoms with Crippen molar-refractivity contribution in [2.45, 2.75) is 98.9 Å². The summed E-state index contributed by atoms with van der Waals surface area (Å²) >= 11 is 0. The molecule has 5 rings (SSSR count). The zero-order valence-corrected chi connectivity index (χ0v) is 28.4. The minimum atomic E-state index is -4.73. The van der Waals surface area contributed by atoms with Crippen LogP contribution in [-0.2, 0) is 29.0 Å². The molecule has 1 saturated heterocycles. The molecule has 10 heteroatoms. The Morgan fingerprint density at radius 1 is 1.00 bits per heavy atom. The second kappa shape index (κ2) is 13.1. The molecule has 0 aliphatic carbocycles. The molecule has 2 aromatic carbocycles. The number of aryl methyl sites for hydroxylation is 2. The summed E-state index contributed by atoms with van der Waals surface area (Å²) in [6, 6.07) is 12.5. The molecule has 47 heavy (non-hydrogen) atoms. The summed E-state index contributed by atoms with van der Waals surface area (Å²) in [5, 5.41) is 10.5. The highest BCUT2D eigenvalue weighted by atomic mass is 19.4. The van der Waals surface area contributed by atoms with Gasteiger partial charge in [0.2, 0.25) is 0 Å². The molecule has 0 amide bonds. The van der Waals surface area contributed by atoms with Gasteiger partial charge in [0.25, 0.3) is 0 Å². The Hall–Kier alpha value is -3.63. The molecule has 7 nitrogen and oxygen atoms in total. The van der Waals surface area contributed by atoms with Gasteiger partial charge in [0, 0.05) is 55.2 Å². The number of pyridine rings is 1. The predicted molar refractivity (Wildman–Crippen MR) is 177 cm³/mol. The zero-order valence-electron chi connectivity index (χ0n) is 28.4. The maximum Gasteiger partial charge on any atom is 0.573 e. The molecule has 2 aliphatic heterocycles. The zero-order chi connectivity index (χ0) is 34.3. The number of benzene rings is 2. The Morgan fingerprint density at radius 3 is 2.34 bits per heavy atom. The Morgan fingerprint density at radius 2 is 1.70 bits per heavy atom. The number of ether oxygens (including phenoxy) is 2. The van der Waals surface area contributed by atoms with Gasteiger partial charge in [-0.1, -0.05) is 44.2 Å². The van der Waals surface area contributed by atoms with Gasteiger partial charge in [0.1, 0.15) is 5.75 Å². The number of alkyl halides is 3. The lowest BCUT2D eigenvalue weighted by atomic mass is 9.81. The molecular weight excluding hydrogens is 607 g/mol. The number of halogens is 3. The van der Waals surface area contributed by atoms with E-state index in [1.807, 2.05) is 40.7 Å². The number of aliphatic carboxylic acids is 1. The molecule has 0 radical (unpaired) electrons. The van der Waals surface area contributed by atoms with Crippen molar-refractivity contribution >= 4 is 11.7 Å². The topological polar surface area (TPSA) is 75.1 Å². The fourth-order valence-electron chi connectivity index (χ4n) is 6.76. The van der Waals surface area contributed by atoms with Crippen LogP contribution in [0.1, 0.15) is 87.2 Å². The lowest BCUT2D eigenvalue weighted by Gasteiger charge is -2.41. The Balaban J connectivity index is 1.51. The average Bonchev–Trinajstić information content (AvgIpc) is 2.94. The molecule has 1 N–H and O–H groups in total. The number of piperidine rings is 1. The number of hydrogen-bond acceptors (Lipinski definition) is 6. The Labute approximate surface area is 275 Å². The van der Waals surface area contributed by atoms with Gasteiger partial charge < -0.3 is 19.5 Å². The minimum absolute atomic E-state index is 0.201. The van der Waals surface area contributed by atoms with Crippen molar-refractivity contribution in [3.63, 3.8) is 0 Å². The van der Waals surface area contributed by atoms with Crippen molar-refractivity contribution in [3.05, 3.63) is 76.1 Å². The third kappa shape index (κ3) is 8.46. The van der Waals surface area contributed by atoms with Crippen molar-refractivity contribution < 1.29 is 32.5 Å². The summed E-state index contributed by atoms with van der Waals surface area (Å²) < 4.78 is 48.6. The number of carboxylic acid groups (broad SMARTS) is 1. The molecule has 0 spiro atoms. The van der Waals surface area contributed by atoms with E-state index in [2.05, 4.69) is 46.6 Å². The maximum atomic E-state index is 12.8. The van der Waals surface area contributed by atoms with E-state index in [1.54, 1.807) is 6.07 Å². The van der Waals surface area contributed by atoms with Gasteiger partial charge in [0.15, 0.2) is 6.10 Å². The highest BCUT2D eigenvalue weighted by Gasteiger charge is 2.37. The monoisotopic (exact) mass is 653 g/mol. The third-order valence-electron chi connectivity index (χ3n) is 9.09. The van der Waals surface area contributed by atoms with Crippen molar-refractivity contribution in [2.75, 3.05) is 24.5 Å². The van der Waals surface area contributed by atoms with Crippen LogP contribution in [0, 0.1) is 19.3 Å². The summed E-state index contributed by atoms with van der Waals surface area (Å²) in [7, 11) is 0. The van der Waals surface area contributed by atoms with Crippen molar-refractivity contribution in [2.24, 2.45) is 5.41 Å². The minimum Gasteiger partial charge on any atom is -0.479 e. The number of carboxylic acids is 1. The molecular formula is C37H46F3N3O4. The molecule has 2 aliphatic rings. The van der Waals surface area contributed by atoms with Gasteiger partial charge in [0.05, 0.1) is 11.3 Å². The summed E-state index contributed by atoms with van der Waals surface area (Å²) in [6.45, 7) is 17.5. The molecule has 0 saturated carbocycles. The van der Waals surface area contributed by atoms with E-state index in [1.165, 1.54) is 17.7 Å². The number of hydrogen-bond donors (Lipinski definition) is 1. The van der Waals surface area contributed by atoms with Crippen LogP contribution < -0.4 is 9.64 Å². The summed E-state index contributed by atoms with van der Waals surface area (Å²) in [4.78, 5) is 22.3. The van der Waals surface area contributed by atoms with E-state index in [4.69, 9.17) is 9.72 Å². The fourth-order valence-corrected chi connectivity index (χ4v) is 6.76. The van der Waals surface area contributed by atoms with Crippen molar-refractivity contribution in [3.8, 4) is 16.9 Å². The van der Waals surface area contributed by atoms with Gasteiger partial charge in [-0.2, -0.15) is 0 Å². The van der Waals surface area contributed by atoms with Crippen LogP contribution in [0.25, 0.3) is 11.1 Å². The van der Waals surface area contributed by atoms with Gasteiger partial charge in [-0.15, -0.1) is 13.2 Å². The first kappa shape index (κ1) is 34.7. The first-order chi connectivity index (χ1) is 21.9. The van der Waals surface area contributed by atoms with Gasteiger partial charge in [-0.25, -0.2) is 4.79 Å². The number of fused-ring (bicyclic) bond motifs is 1. The third-order valence-corrected chi connectivity index (χ3v) is 9.09. The molecule has 1 aromatic heterocycles. The number of rotatable bonds is 8. The molecule has 254 valence electrons. The van der Waals surface area contributed by atoms with E-state index < -0.39 is 24.0 Å². The first-order valence-electron chi connectivity index (χ1n) is 16.2. The maximum absolute atomic E-state index is 12.8. The molecule has 1 fully saturated rings. The number of anilines is 1. The smallest absolute Gasteiger partial charge is 0.479 e. The number of aromatic nitrogens is 1. The van der Waals surface area contributed by atoms with Crippen molar-refractivity contribution in [1.29, 1.82) is 0 Å². The SMILES string of the molecule is Cc1nc(C)c([C@H](OC(C)(C)C)C(=O)O)c(N2CCC(C)(C)CC2)c1-c1ccc2c(c1)CCN(Cc1cccc(OC(F)(F)F)c1)C2. The average molecular weight is 654 g/mol. The van der Waals surface area contributed by atoms with E-state index in [0.29, 0.717) is 24.3 Å². The second-order valence-corrected chi connectivity index (χ2v) is 14.7. The van der Waals surface area contributed by atoms with Crippen molar-refractivity contribution in [1.82, 2.24) is 9.88 Å². The van der Waals surface area contributed by atoms with E-state index in [0.717, 1.165) is 72.5 Å². The molecule has 3 aromatic rings. The highest BCUT2D eigenvalue weighted by molar-refractivity contribution is 5.88. The summed E-state index contributed by atoms with van der Waals surface area (Å²) in [5.41, 5.74) is 7.52. The molecule has 0 bridgehead atoms. The van der Waals surface area contributed by atoms with E-state index >= 15 is 0 Å². The highest BCUT2D eigenvalue weighted by Crippen LogP contribution is 2.45. The molecule has 3 heterocycles. The van der Waals surface area contributed by atoms with E-state index in [9.17, 15) is 23.1 Å². The largest absolute Gasteiger partial charge is 0.573 e. The van der Waals surface area contributed by atoms with Gasteiger partial charge >= 0.3 is 12.3 Å². The molecule has 1 atom stereocenters. The lowest BCUT2D eigenvalue weighted by molar-refractivity contribution is -0.274. The second-order valence-electron chi connectivity index (χ2n) is 14.7. The number of carbonyl (C=O) groups is 1. The Bertz CT molecular complexity index is 1620. The van der Waals surface area contributed by atoms with Crippen LogP contribution in [0.4, 0.5) is 18.9 Å². The fraction of sp³-hybridized carbons (Fsp3) is 0.514. The van der Waals surface area contributed by atoms with Crippen LogP contribution in [-0.4, -0.2) is 52.6 Å². The van der Waals surface area contributed by atoms with Crippen LogP contribution in [0.2, 0.25) is 0 Å². The van der Waals surface area contributed by atoms with Crippen LogP contribution >= 0.6 is 0 Å². The normalized spacial score (nSPS) is 17.7. The van der Waals surface area contributed by atoms with Gasteiger partial charge in [-0.05, 0) is 93.7 Å².